The number of alkyl halides is 3. The summed E-state index contributed by atoms with van der Waals surface area (Å²) in [6.45, 7) is 21.3. The van der Waals surface area contributed by atoms with Gasteiger partial charge in [-0.2, -0.15) is 13.2 Å². The third-order valence-corrected chi connectivity index (χ3v) is 3.59. The Morgan fingerprint density at radius 2 is 1.33 bits per heavy atom. The van der Waals surface area contributed by atoms with Gasteiger partial charge in [-0.1, -0.05) is 37.6 Å². The molecule has 0 aliphatic rings. The molecule has 0 saturated carbocycles. The number of carbonyl (C=O) groups is 2. The number of amides is 1. The van der Waals surface area contributed by atoms with Gasteiger partial charge in [0.25, 0.3) is 0 Å². The third-order valence-electron chi connectivity index (χ3n) is 3.59. The monoisotopic (exact) mass is 425 g/mol. The first-order chi connectivity index (χ1) is 14.0. The van der Waals surface area contributed by atoms with E-state index in [4.69, 9.17) is 4.79 Å². The number of benzene rings is 2. The summed E-state index contributed by atoms with van der Waals surface area (Å²) in [5.74, 6) is -0.0253. The highest BCUT2D eigenvalue weighted by molar-refractivity contribution is 5.88. The van der Waals surface area contributed by atoms with Crippen molar-refractivity contribution in [1.82, 2.24) is 0 Å². The average molecular weight is 426 g/mol. The van der Waals surface area contributed by atoms with Crippen LogP contribution in [0.3, 0.4) is 0 Å². The van der Waals surface area contributed by atoms with E-state index in [0.29, 0.717) is 5.56 Å². The predicted octanol–water partition coefficient (Wildman–Crippen LogP) is 7.23. The van der Waals surface area contributed by atoms with Gasteiger partial charge in [0.15, 0.2) is 0 Å². The van der Waals surface area contributed by atoms with E-state index in [1.807, 2.05) is 46.6 Å². The Morgan fingerprint density at radius 3 is 1.63 bits per heavy atom. The van der Waals surface area contributed by atoms with Crippen molar-refractivity contribution in [2.75, 3.05) is 5.32 Å². The summed E-state index contributed by atoms with van der Waals surface area (Å²) in [7, 11) is 0. The van der Waals surface area contributed by atoms with Crippen molar-refractivity contribution in [2.24, 2.45) is 0 Å². The lowest BCUT2D eigenvalue weighted by atomic mass is 10.0. The number of aryl methyl sites for hydroxylation is 3. The lowest BCUT2D eigenvalue weighted by molar-refractivity contribution is -0.137. The second kappa shape index (κ2) is 17.0. The molecule has 0 bridgehead atoms. The Balaban J connectivity index is -0.000000392. The Bertz CT molecular complexity index is 731. The summed E-state index contributed by atoms with van der Waals surface area (Å²) in [4.78, 5) is 18.8. The second-order valence-electron chi connectivity index (χ2n) is 5.78. The van der Waals surface area contributed by atoms with Gasteiger partial charge in [0.2, 0.25) is 5.91 Å². The van der Waals surface area contributed by atoms with Gasteiger partial charge in [-0.3, -0.25) is 4.79 Å². The zero-order valence-electron chi connectivity index (χ0n) is 19.0. The molecule has 2 aromatic rings. The van der Waals surface area contributed by atoms with E-state index in [9.17, 15) is 18.0 Å². The molecule has 168 valence electrons. The number of hydrogen-bond acceptors (Lipinski definition) is 2. The van der Waals surface area contributed by atoms with Gasteiger partial charge in [0.1, 0.15) is 6.79 Å². The molecule has 2 rings (SSSR count). The second-order valence-corrected chi connectivity index (χ2v) is 5.78. The standard InChI is InChI=1S/C11H15NO.C8H7F3.C2H6.C2H4.CH2O/c1-7-5-11(12-10(4)13)6-8(2)9(7)3;1-6-3-2-4-7(5-6)8(9,10)11;3*1-2/h5-6H,1-4H3,(H,12,13);2-5H,1H3;1-2H3;1-2H2;1H2. The van der Waals surface area contributed by atoms with E-state index < -0.39 is 11.7 Å². The topological polar surface area (TPSA) is 46.2 Å². The summed E-state index contributed by atoms with van der Waals surface area (Å²) in [6, 6.07) is 9.20. The molecule has 0 aliphatic heterocycles. The maximum atomic E-state index is 12.0. The minimum absolute atomic E-state index is 0.0253. The number of carbonyl (C=O) groups excluding carboxylic acids is 2. The van der Waals surface area contributed by atoms with E-state index in [2.05, 4.69) is 25.4 Å². The molecule has 0 spiro atoms. The molecule has 0 unspecified atom stereocenters. The quantitative estimate of drug-likeness (QED) is 0.490. The molecule has 3 nitrogen and oxygen atoms in total. The van der Waals surface area contributed by atoms with E-state index in [1.54, 1.807) is 13.0 Å². The number of hydrogen-bond donors (Lipinski definition) is 1. The maximum Gasteiger partial charge on any atom is 0.416 e. The Kier molecular flexibility index (Phi) is 18.0. The van der Waals surface area contributed by atoms with Crippen molar-refractivity contribution in [1.29, 1.82) is 0 Å². The fourth-order valence-electron chi connectivity index (χ4n) is 2.13. The maximum absolute atomic E-state index is 12.0. The highest BCUT2D eigenvalue weighted by atomic mass is 19.4. The molecule has 2 aromatic carbocycles. The van der Waals surface area contributed by atoms with E-state index >= 15 is 0 Å². The molecule has 0 saturated heterocycles. The summed E-state index contributed by atoms with van der Waals surface area (Å²) in [5.41, 5.74) is 4.63. The highest BCUT2D eigenvalue weighted by Gasteiger charge is 2.29. The molecule has 0 atom stereocenters. The summed E-state index contributed by atoms with van der Waals surface area (Å²) < 4.78 is 35.9. The molecular weight excluding hydrogens is 391 g/mol. The molecule has 0 radical (unpaired) electrons. The largest absolute Gasteiger partial charge is 0.416 e. The van der Waals surface area contributed by atoms with Crippen molar-refractivity contribution >= 4 is 18.4 Å². The van der Waals surface area contributed by atoms with Gasteiger partial charge in [-0.25, -0.2) is 0 Å². The zero-order chi connectivity index (χ0) is 24.5. The van der Waals surface area contributed by atoms with Gasteiger partial charge in [0.05, 0.1) is 5.56 Å². The minimum atomic E-state index is -4.22. The molecule has 1 amide bonds. The van der Waals surface area contributed by atoms with E-state index in [0.717, 1.165) is 17.8 Å². The lowest BCUT2D eigenvalue weighted by Crippen LogP contribution is -2.06. The van der Waals surface area contributed by atoms with E-state index in [-0.39, 0.29) is 5.91 Å². The van der Waals surface area contributed by atoms with Gasteiger partial charge < -0.3 is 10.1 Å². The van der Waals surface area contributed by atoms with Gasteiger partial charge >= 0.3 is 6.18 Å². The number of anilines is 1. The fraction of sp³-hybridized carbons (Fsp3) is 0.333. The van der Waals surface area contributed by atoms with Crippen LogP contribution in [0.5, 0.6) is 0 Å². The van der Waals surface area contributed by atoms with Crippen molar-refractivity contribution in [3.05, 3.63) is 77.4 Å². The van der Waals surface area contributed by atoms with Crippen molar-refractivity contribution < 1.29 is 22.8 Å². The Labute approximate surface area is 179 Å². The normalized spacial score (nSPS) is 9.00. The van der Waals surface area contributed by atoms with Crippen LogP contribution in [0.15, 0.2) is 49.6 Å². The van der Waals surface area contributed by atoms with Crippen LogP contribution in [-0.4, -0.2) is 12.7 Å². The van der Waals surface area contributed by atoms with Crippen LogP contribution in [0, 0.1) is 27.7 Å². The predicted molar refractivity (Wildman–Crippen MR) is 121 cm³/mol. The van der Waals surface area contributed by atoms with Crippen LogP contribution >= 0.6 is 0 Å². The number of halogens is 3. The lowest BCUT2D eigenvalue weighted by Gasteiger charge is -2.08. The molecular formula is C24H34F3NO2. The van der Waals surface area contributed by atoms with E-state index in [1.165, 1.54) is 29.7 Å². The van der Waals surface area contributed by atoms with Gasteiger partial charge in [-0.15, -0.1) is 13.2 Å². The van der Waals surface area contributed by atoms with Crippen LogP contribution in [0.1, 0.15) is 48.6 Å². The van der Waals surface area contributed by atoms with Crippen LogP contribution in [0.4, 0.5) is 18.9 Å². The van der Waals surface area contributed by atoms with Crippen molar-refractivity contribution in [3.63, 3.8) is 0 Å². The Hall–Kier alpha value is -2.89. The fourth-order valence-corrected chi connectivity index (χ4v) is 2.13. The first-order valence-corrected chi connectivity index (χ1v) is 9.29. The number of rotatable bonds is 1. The average Bonchev–Trinajstić information content (AvgIpc) is 2.70. The van der Waals surface area contributed by atoms with Crippen LogP contribution < -0.4 is 5.32 Å². The third kappa shape index (κ3) is 13.3. The minimum Gasteiger partial charge on any atom is -0.326 e. The van der Waals surface area contributed by atoms with Crippen molar-refractivity contribution in [3.8, 4) is 0 Å². The molecule has 0 fully saturated rings. The van der Waals surface area contributed by atoms with Crippen LogP contribution in [0.25, 0.3) is 0 Å². The molecule has 0 aliphatic carbocycles. The first kappa shape index (κ1) is 31.8. The molecule has 1 N–H and O–H groups in total. The SMILES string of the molecule is C=C.C=O.CC.CC(=O)Nc1cc(C)c(C)c(C)c1.Cc1cccc(C(F)(F)F)c1. The summed E-state index contributed by atoms with van der Waals surface area (Å²) >= 11 is 0. The molecule has 6 heteroatoms. The first-order valence-electron chi connectivity index (χ1n) is 9.29. The Morgan fingerprint density at radius 1 is 0.900 bits per heavy atom. The zero-order valence-corrected chi connectivity index (χ0v) is 19.0. The van der Waals surface area contributed by atoms with Gasteiger partial charge in [-0.05, 0) is 62.6 Å². The molecule has 0 aromatic heterocycles. The number of nitrogens with one attached hydrogen (secondary N) is 1. The molecule has 0 heterocycles. The van der Waals surface area contributed by atoms with Gasteiger partial charge in [0, 0.05) is 12.6 Å². The summed E-state index contributed by atoms with van der Waals surface area (Å²) in [6.07, 6.45) is -4.22. The highest BCUT2D eigenvalue weighted by Crippen LogP contribution is 2.29. The van der Waals surface area contributed by atoms with Crippen LogP contribution in [0.2, 0.25) is 0 Å². The van der Waals surface area contributed by atoms with Crippen molar-refractivity contribution in [2.45, 2.75) is 54.6 Å². The smallest absolute Gasteiger partial charge is 0.326 e. The summed E-state index contributed by atoms with van der Waals surface area (Å²) in [5, 5.41) is 2.77. The molecule has 30 heavy (non-hydrogen) atoms. The van der Waals surface area contributed by atoms with Crippen LogP contribution in [-0.2, 0) is 15.8 Å².